The lowest BCUT2D eigenvalue weighted by Crippen LogP contribution is -2.51. The van der Waals surface area contributed by atoms with Crippen LogP contribution >= 0.6 is 0 Å². The SMILES string of the molecule is COC(=O)NC(C(=O)N1CCCC1c1ncc(-c2ccc(-c3ccc(-c4ccc5nc(C6C7C8C7C8N6C(=O)C(NC(=O)OC)C(C)C)[nH]c5c4)c4c3C3CCC3C4)cc2)[nH]1)C(C)C. The molecule has 8 atom stereocenters. The average Bonchev–Trinajstić information content (AvgIpc) is 3.70. The normalized spacial score (nSPS) is 26.6. The number of hydrogen-bond acceptors (Lipinski definition) is 8. The molecule has 3 aromatic carbocycles. The molecule has 0 radical (unpaired) electrons. The van der Waals surface area contributed by atoms with Crippen LogP contribution in [0.5, 0.6) is 0 Å². The van der Waals surface area contributed by atoms with Crippen LogP contribution in [-0.4, -0.2) is 92.6 Å². The van der Waals surface area contributed by atoms with E-state index in [0.717, 1.165) is 58.8 Å². The van der Waals surface area contributed by atoms with E-state index < -0.39 is 24.3 Å². The Kier molecular flexibility index (Phi) is 9.66. The second-order valence-corrected chi connectivity index (χ2v) is 19.6. The number of fused-ring (bicyclic) bond motifs is 5. The first-order valence-electron chi connectivity index (χ1n) is 23.1. The minimum atomic E-state index is -0.684. The van der Waals surface area contributed by atoms with E-state index in [1.165, 1.54) is 54.9 Å². The number of nitrogens with one attached hydrogen (secondary N) is 4. The van der Waals surface area contributed by atoms with E-state index in [2.05, 4.69) is 75.2 Å². The fraction of sp³-hybridized carbons (Fsp3) is 0.480. The summed E-state index contributed by atoms with van der Waals surface area (Å²) in [6.45, 7) is 8.33. The predicted octanol–water partition coefficient (Wildman–Crippen LogP) is 7.89. The summed E-state index contributed by atoms with van der Waals surface area (Å²) < 4.78 is 9.65. The average molecular weight is 865 g/mol. The zero-order valence-corrected chi connectivity index (χ0v) is 37.2. The second kappa shape index (κ2) is 15.2. The van der Waals surface area contributed by atoms with Crippen molar-refractivity contribution in [2.24, 2.45) is 35.5 Å². The summed E-state index contributed by atoms with van der Waals surface area (Å²) in [6.07, 6.45) is 5.82. The first kappa shape index (κ1) is 40.6. The van der Waals surface area contributed by atoms with Crippen molar-refractivity contribution in [2.75, 3.05) is 20.8 Å². The molecular formula is C50H56N8O6. The van der Waals surface area contributed by atoms with Crippen LogP contribution in [0.25, 0.3) is 44.5 Å². The zero-order chi connectivity index (χ0) is 44.3. The highest BCUT2D eigenvalue weighted by molar-refractivity contribution is 5.90. The number of hydrogen-bond donors (Lipinski definition) is 4. The number of alkyl carbamates (subject to hydrolysis) is 2. The van der Waals surface area contributed by atoms with Crippen molar-refractivity contribution in [3.05, 3.63) is 83.6 Å². The van der Waals surface area contributed by atoms with Gasteiger partial charge in [-0.3, -0.25) is 9.59 Å². The summed E-state index contributed by atoms with van der Waals surface area (Å²) >= 11 is 0. The van der Waals surface area contributed by atoms with E-state index in [1.807, 2.05) is 43.7 Å². The van der Waals surface area contributed by atoms with Gasteiger partial charge < -0.3 is 39.9 Å². The number of nitrogens with zero attached hydrogens (tertiary/aromatic N) is 4. The Bertz CT molecular complexity index is 2690. The molecule has 3 saturated carbocycles. The van der Waals surface area contributed by atoms with Crippen molar-refractivity contribution in [1.82, 2.24) is 40.4 Å². The number of imidazole rings is 2. The summed E-state index contributed by atoms with van der Waals surface area (Å²) in [4.78, 5) is 72.8. The van der Waals surface area contributed by atoms with Crippen LogP contribution in [0.15, 0.2) is 60.8 Å². The highest BCUT2D eigenvalue weighted by atomic mass is 16.5. The Morgan fingerprint density at radius 2 is 1.42 bits per heavy atom. The maximum Gasteiger partial charge on any atom is 0.407 e. The number of H-pyrrole nitrogens is 2. The molecule has 7 aliphatic rings. The van der Waals surface area contributed by atoms with Crippen LogP contribution in [-0.2, 0) is 25.5 Å². The van der Waals surface area contributed by atoms with Crippen molar-refractivity contribution in [1.29, 1.82) is 0 Å². The highest BCUT2D eigenvalue weighted by Gasteiger charge is 2.86. The monoisotopic (exact) mass is 864 g/mol. The maximum absolute atomic E-state index is 14.0. The van der Waals surface area contributed by atoms with Crippen LogP contribution in [0.4, 0.5) is 9.59 Å². The van der Waals surface area contributed by atoms with Crippen molar-refractivity contribution in [2.45, 2.75) is 95.9 Å². The Labute approximate surface area is 372 Å². The molecule has 2 aromatic heterocycles. The lowest BCUT2D eigenvalue weighted by molar-refractivity contribution is -0.136. The number of carbonyl (C=O) groups excluding carboxylic acids is 4. The lowest BCUT2D eigenvalue weighted by atomic mass is 9.73. The molecule has 4 amide bonds. The molecule has 2 bridgehead atoms. The van der Waals surface area contributed by atoms with Crippen LogP contribution < -0.4 is 10.6 Å². The first-order valence-corrected chi connectivity index (χ1v) is 23.1. The fourth-order valence-electron chi connectivity index (χ4n) is 12.0. The van der Waals surface area contributed by atoms with Gasteiger partial charge in [-0.2, -0.15) is 0 Å². The number of methoxy groups -OCH3 is 2. The molecule has 8 unspecified atom stereocenters. The smallest absolute Gasteiger partial charge is 0.407 e. The van der Waals surface area contributed by atoms with E-state index >= 15 is 0 Å². The summed E-state index contributed by atoms with van der Waals surface area (Å²) in [6, 6.07) is 18.4. The number of rotatable bonds is 11. The van der Waals surface area contributed by atoms with E-state index in [-0.39, 0.29) is 41.8 Å². The Balaban J connectivity index is 0.838. The van der Waals surface area contributed by atoms with Gasteiger partial charge in [0.1, 0.15) is 23.7 Å². The minimum absolute atomic E-state index is 0.0618. The van der Waals surface area contributed by atoms with Gasteiger partial charge in [-0.15, -0.1) is 0 Å². The molecule has 5 heterocycles. The number of aromatic nitrogens is 4. The van der Waals surface area contributed by atoms with Gasteiger partial charge >= 0.3 is 12.2 Å². The molecule has 6 fully saturated rings. The summed E-state index contributed by atoms with van der Waals surface area (Å²) in [5.41, 5.74) is 11.6. The van der Waals surface area contributed by atoms with Gasteiger partial charge in [0, 0.05) is 12.6 Å². The third-order valence-corrected chi connectivity index (χ3v) is 15.5. The first-order chi connectivity index (χ1) is 30.9. The molecule has 64 heavy (non-hydrogen) atoms. The van der Waals surface area contributed by atoms with Crippen LogP contribution in [0.1, 0.15) is 94.2 Å². The Hall–Kier alpha value is -6.18. The number of likely N-dealkylation sites (tertiary alicyclic amines) is 1. The molecule has 3 aliphatic heterocycles. The largest absolute Gasteiger partial charge is 0.453 e. The Morgan fingerprint density at radius 1 is 0.750 bits per heavy atom. The van der Waals surface area contributed by atoms with E-state index in [1.54, 1.807) is 0 Å². The number of piperidine rings is 1. The van der Waals surface area contributed by atoms with Gasteiger partial charge in [0.25, 0.3) is 0 Å². The lowest BCUT2D eigenvalue weighted by Gasteiger charge is -2.31. The summed E-state index contributed by atoms with van der Waals surface area (Å²) in [7, 11) is 2.62. The number of carbonyl (C=O) groups is 4. The molecule has 4 aliphatic carbocycles. The highest BCUT2D eigenvalue weighted by Crippen LogP contribution is 2.81. The van der Waals surface area contributed by atoms with Gasteiger partial charge in [-0.1, -0.05) is 70.2 Å². The molecule has 14 nitrogen and oxygen atoms in total. The van der Waals surface area contributed by atoms with Crippen molar-refractivity contribution >= 4 is 35.0 Å². The van der Waals surface area contributed by atoms with Crippen molar-refractivity contribution in [3.63, 3.8) is 0 Å². The van der Waals surface area contributed by atoms with Gasteiger partial charge in [0.05, 0.1) is 49.2 Å². The third-order valence-electron chi connectivity index (χ3n) is 15.5. The van der Waals surface area contributed by atoms with Gasteiger partial charge in [0.15, 0.2) is 0 Å². The quantitative estimate of drug-likeness (QED) is 0.104. The Morgan fingerprint density at radius 3 is 2.09 bits per heavy atom. The molecule has 4 N–H and O–H groups in total. The summed E-state index contributed by atoms with van der Waals surface area (Å²) in [5, 5.41) is 5.51. The molecule has 3 saturated heterocycles. The topological polar surface area (TPSA) is 175 Å². The van der Waals surface area contributed by atoms with Gasteiger partial charge in [-0.25, -0.2) is 19.6 Å². The molecule has 14 heteroatoms. The second-order valence-electron chi connectivity index (χ2n) is 19.6. The summed E-state index contributed by atoms with van der Waals surface area (Å²) in [5.74, 6) is 3.90. The van der Waals surface area contributed by atoms with E-state index in [0.29, 0.717) is 36.1 Å². The molecule has 12 rings (SSSR count). The minimum Gasteiger partial charge on any atom is -0.453 e. The predicted molar refractivity (Wildman–Crippen MR) is 240 cm³/mol. The molecule has 332 valence electrons. The van der Waals surface area contributed by atoms with Crippen LogP contribution in [0, 0.1) is 35.5 Å². The van der Waals surface area contributed by atoms with Crippen LogP contribution in [0.2, 0.25) is 0 Å². The van der Waals surface area contributed by atoms with Crippen molar-refractivity contribution in [3.8, 4) is 33.5 Å². The number of aromatic amines is 2. The van der Waals surface area contributed by atoms with Crippen LogP contribution in [0.3, 0.4) is 0 Å². The number of ether oxygens (including phenoxy) is 2. The number of amides is 4. The zero-order valence-electron chi connectivity index (χ0n) is 37.2. The van der Waals surface area contributed by atoms with Crippen molar-refractivity contribution < 1.29 is 28.7 Å². The third kappa shape index (κ3) is 6.41. The number of benzene rings is 3. The molecule has 5 aromatic rings. The standard InChI is InChI=1S/C50H56N8O6/c1-23(2)41(55-49(61)63-5)47(59)57-19-7-8-36(57)45-51-22-35(54-45)26-11-9-25(10-12-26)30-17-16-29(32-20-27-13-15-31(27)37(30)32)28-14-18-33-34(21-28)53-46(52-33)44-40-38-39(40)43(38)58(44)48(60)42(24(3)4)56-50(62)64-6/h9-12,14,16-18,21-24,27,31,36,38-44H,7-8,13,15,19-20H2,1-6H3,(H,51,54)(H,52,53)(H,55,61)(H,56,62). The van der Waals surface area contributed by atoms with E-state index in [4.69, 9.17) is 19.4 Å². The molecular weight excluding hydrogens is 809 g/mol. The van der Waals surface area contributed by atoms with E-state index in [9.17, 15) is 19.2 Å². The molecule has 0 spiro atoms. The van der Waals surface area contributed by atoms with Gasteiger partial charge in [-0.05, 0) is 125 Å². The fourth-order valence-corrected chi connectivity index (χ4v) is 12.0. The van der Waals surface area contributed by atoms with Gasteiger partial charge in [0.2, 0.25) is 11.8 Å². The maximum atomic E-state index is 14.0.